The van der Waals surface area contributed by atoms with E-state index in [4.69, 9.17) is 0 Å². The molecule has 102 valence electrons. The molecule has 0 aliphatic heterocycles. The van der Waals surface area contributed by atoms with Crippen LogP contribution in [0.15, 0.2) is 30.3 Å². The van der Waals surface area contributed by atoms with E-state index in [1.54, 1.807) is 0 Å². The number of benzene rings is 1. The van der Waals surface area contributed by atoms with Crippen LogP contribution in [-0.2, 0) is 0 Å². The van der Waals surface area contributed by atoms with Gasteiger partial charge in [0, 0.05) is 25.8 Å². The summed E-state index contributed by atoms with van der Waals surface area (Å²) in [5, 5.41) is 3.50. The fourth-order valence-electron chi connectivity index (χ4n) is 2.60. The highest BCUT2D eigenvalue weighted by atomic mass is 15.1. The van der Waals surface area contributed by atoms with Crippen molar-refractivity contribution in [1.82, 2.24) is 5.32 Å². The molecule has 1 aromatic rings. The van der Waals surface area contributed by atoms with E-state index in [0.29, 0.717) is 5.41 Å². The molecule has 0 spiro atoms. The molecule has 0 radical (unpaired) electrons. The van der Waals surface area contributed by atoms with Crippen LogP contribution in [0.25, 0.3) is 0 Å². The molecule has 0 aliphatic carbocycles. The molecule has 1 unspecified atom stereocenters. The van der Waals surface area contributed by atoms with Crippen molar-refractivity contribution in [3.05, 3.63) is 30.3 Å². The number of hydrogen-bond donors (Lipinski definition) is 1. The van der Waals surface area contributed by atoms with Crippen LogP contribution in [0, 0.1) is 5.41 Å². The predicted octanol–water partition coefficient (Wildman–Crippen LogP) is 3.54. The molecule has 0 aliphatic rings. The van der Waals surface area contributed by atoms with Crippen molar-refractivity contribution in [2.45, 2.75) is 33.6 Å². The molecule has 0 saturated heterocycles. The Kier molecular flexibility index (Phi) is 6.20. The van der Waals surface area contributed by atoms with Crippen LogP contribution in [0.4, 0.5) is 5.69 Å². The van der Waals surface area contributed by atoms with E-state index in [-0.39, 0.29) is 0 Å². The van der Waals surface area contributed by atoms with Crippen molar-refractivity contribution >= 4 is 5.69 Å². The van der Waals surface area contributed by atoms with Crippen LogP contribution in [0.5, 0.6) is 0 Å². The Labute approximate surface area is 112 Å². The van der Waals surface area contributed by atoms with E-state index in [0.717, 1.165) is 19.6 Å². The lowest BCUT2D eigenvalue weighted by Crippen LogP contribution is -2.41. The number of nitrogens with one attached hydrogen (secondary N) is 1. The summed E-state index contributed by atoms with van der Waals surface area (Å²) in [5.74, 6) is 0. The third-order valence-corrected chi connectivity index (χ3v) is 3.47. The Bertz CT molecular complexity index is 323. The summed E-state index contributed by atoms with van der Waals surface area (Å²) in [4.78, 5) is 2.37. The van der Waals surface area contributed by atoms with Crippen LogP contribution in [0.2, 0.25) is 0 Å². The zero-order valence-electron chi connectivity index (χ0n) is 12.4. The minimum Gasteiger partial charge on any atom is -0.374 e. The molecule has 0 amide bonds. The maximum Gasteiger partial charge on any atom is 0.0363 e. The van der Waals surface area contributed by atoms with Crippen molar-refractivity contribution in [2.75, 3.05) is 31.6 Å². The first-order chi connectivity index (χ1) is 8.61. The fraction of sp³-hybridized carbons (Fsp3) is 0.625. The molecule has 0 fully saturated rings. The number of hydrogen-bond acceptors (Lipinski definition) is 2. The summed E-state index contributed by atoms with van der Waals surface area (Å²) in [6.45, 7) is 10.1. The lowest BCUT2D eigenvalue weighted by molar-refractivity contribution is 0.286. The summed E-state index contributed by atoms with van der Waals surface area (Å²) < 4.78 is 0. The summed E-state index contributed by atoms with van der Waals surface area (Å²) in [6.07, 6.45) is 2.50. The minimum atomic E-state index is 0.343. The van der Waals surface area contributed by atoms with E-state index in [1.807, 2.05) is 0 Å². The predicted molar refractivity (Wildman–Crippen MR) is 81.3 cm³/mol. The molecule has 1 rings (SSSR count). The van der Waals surface area contributed by atoms with Crippen molar-refractivity contribution in [3.63, 3.8) is 0 Å². The molecule has 1 atom stereocenters. The summed E-state index contributed by atoms with van der Waals surface area (Å²) in [6, 6.07) is 10.6. The second-order valence-electron chi connectivity index (χ2n) is 5.53. The monoisotopic (exact) mass is 248 g/mol. The van der Waals surface area contributed by atoms with E-state index in [1.165, 1.54) is 18.5 Å². The van der Waals surface area contributed by atoms with Crippen LogP contribution in [0.3, 0.4) is 0 Å². The molecule has 2 nitrogen and oxygen atoms in total. The van der Waals surface area contributed by atoms with Gasteiger partial charge in [0.1, 0.15) is 0 Å². The Morgan fingerprint density at radius 3 is 2.39 bits per heavy atom. The van der Waals surface area contributed by atoms with Gasteiger partial charge in [0.05, 0.1) is 0 Å². The number of anilines is 1. The van der Waals surface area contributed by atoms with E-state index in [2.05, 4.69) is 68.4 Å². The summed E-state index contributed by atoms with van der Waals surface area (Å²) in [7, 11) is 2.19. The van der Waals surface area contributed by atoms with Gasteiger partial charge in [-0.25, -0.2) is 0 Å². The van der Waals surface area contributed by atoms with Crippen LogP contribution < -0.4 is 10.2 Å². The van der Waals surface area contributed by atoms with Gasteiger partial charge in [0.15, 0.2) is 0 Å². The first-order valence-corrected chi connectivity index (χ1v) is 7.08. The Morgan fingerprint density at radius 2 is 1.83 bits per heavy atom. The average molecular weight is 248 g/mol. The van der Waals surface area contributed by atoms with Gasteiger partial charge in [-0.1, -0.05) is 45.4 Å². The molecule has 2 heteroatoms. The van der Waals surface area contributed by atoms with E-state index < -0.39 is 0 Å². The van der Waals surface area contributed by atoms with Crippen molar-refractivity contribution in [1.29, 1.82) is 0 Å². The normalized spacial score (nSPS) is 14.2. The number of nitrogens with zero attached hydrogens (tertiary/aromatic N) is 1. The average Bonchev–Trinajstić information content (AvgIpc) is 2.38. The first-order valence-electron chi connectivity index (χ1n) is 7.08. The van der Waals surface area contributed by atoms with Gasteiger partial charge in [-0.2, -0.15) is 0 Å². The molecular formula is C16H28N2. The molecule has 0 bridgehead atoms. The van der Waals surface area contributed by atoms with Gasteiger partial charge in [0.2, 0.25) is 0 Å². The van der Waals surface area contributed by atoms with E-state index >= 15 is 0 Å². The van der Waals surface area contributed by atoms with Gasteiger partial charge in [-0.3, -0.25) is 0 Å². The molecule has 1 N–H and O–H groups in total. The maximum atomic E-state index is 3.50. The maximum absolute atomic E-state index is 3.50. The smallest absolute Gasteiger partial charge is 0.0363 e. The summed E-state index contributed by atoms with van der Waals surface area (Å²) in [5.41, 5.74) is 1.64. The minimum absolute atomic E-state index is 0.343. The van der Waals surface area contributed by atoms with Crippen molar-refractivity contribution < 1.29 is 0 Å². The molecular weight excluding hydrogens is 220 g/mol. The molecule has 0 saturated carbocycles. The zero-order chi connectivity index (χ0) is 13.4. The quantitative estimate of drug-likeness (QED) is 0.757. The van der Waals surface area contributed by atoms with Gasteiger partial charge in [0.25, 0.3) is 0 Å². The van der Waals surface area contributed by atoms with Crippen molar-refractivity contribution in [2.24, 2.45) is 5.41 Å². The summed E-state index contributed by atoms with van der Waals surface area (Å²) >= 11 is 0. The SMILES string of the molecule is CCCC(C)(CNCC)CN(C)c1ccccc1. The standard InChI is InChI=1S/C16H28N2/c1-5-12-16(3,13-17-6-2)14-18(4)15-10-8-7-9-11-15/h7-11,17H,5-6,12-14H2,1-4H3. The van der Waals surface area contributed by atoms with Gasteiger partial charge in [-0.05, 0) is 30.5 Å². The lowest BCUT2D eigenvalue weighted by atomic mass is 9.84. The Morgan fingerprint density at radius 1 is 1.17 bits per heavy atom. The van der Waals surface area contributed by atoms with Crippen LogP contribution >= 0.6 is 0 Å². The second kappa shape index (κ2) is 7.42. The van der Waals surface area contributed by atoms with Crippen LogP contribution in [-0.4, -0.2) is 26.7 Å². The fourth-order valence-corrected chi connectivity index (χ4v) is 2.60. The third-order valence-electron chi connectivity index (χ3n) is 3.47. The van der Waals surface area contributed by atoms with Gasteiger partial charge < -0.3 is 10.2 Å². The largest absolute Gasteiger partial charge is 0.374 e. The lowest BCUT2D eigenvalue weighted by Gasteiger charge is -2.35. The Hall–Kier alpha value is -1.02. The topological polar surface area (TPSA) is 15.3 Å². The molecule has 0 aromatic heterocycles. The number of rotatable bonds is 8. The molecule has 1 aromatic carbocycles. The Balaban J connectivity index is 2.65. The molecule has 18 heavy (non-hydrogen) atoms. The van der Waals surface area contributed by atoms with Crippen LogP contribution in [0.1, 0.15) is 33.6 Å². The third kappa shape index (κ3) is 4.69. The van der Waals surface area contributed by atoms with E-state index in [9.17, 15) is 0 Å². The highest BCUT2D eigenvalue weighted by Gasteiger charge is 2.24. The number of para-hydroxylation sites is 1. The first kappa shape index (κ1) is 15.0. The molecule has 0 heterocycles. The van der Waals surface area contributed by atoms with Crippen molar-refractivity contribution in [3.8, 4) is 0 Å². The van der Waals surface area contributed by atoms with Gasteiger partial charge >= 0.3 is 0 Å². The van der Waals surface area contributed by atoms with Gasteiger partial charge in [-0.15, -0.1) is 0 Å². The zero-order valence-corrected chi connectivity index (χ0v) is 12.4. The highest BCUT2D eigenvalue weighted by molar-refractivity contribution is 5.45. The second-order valence-corrected chi connectivity index (χ2v) is 5.53. The highest BCUT2D eigenvalue weighted by Crippen LogP contribution is 2.25.